The number of benzene rings is 2. The van der Waals surface area contributed by atoms with Crippen LogP contribution in [0.2, 0.25) is 0 Å². The van der Waals surface area contributed by atoms with Gasteiger partial charge in [-0.2, -0.15) is 0 Å². The molecule has 0 atom stereocenters. The fourth-order valence-electron chi connectivity index (χ4n) is 5.16. The topological polar surface area (TPSA) is 80.1 Å². The smallest absolute Gasteiger partial charge is 0.255 e. The number of nitrogens with one attached hydrogen (secondary N) is 1. The van der Waals surface area contributed by atoms with E-state index < -0.39 is 7.14 Å². The van der Waals surface area contributed by atoms with E-state index in [2.05, 4.69) is 39.2 Å². The molecule has 40 heavy (non-hydrogen) atoms. The standard InChI is InChI=1S/C31H32N5O2PS/c1-21-6-7-25(15-29(21)24-12-22-8-11-40-31(22)32-17-24)34-30(37)23-13-27(16-28(14-23)39(2,3)38)36-19-26(33-20-36)18-35-9-4-5-10-35/h6-8,11-17,19-20H,4-5,9-10,18H2,1-3H3,(H,34,37). The number of anilines is 1. The van der Waals surface area contributed by atoms with Gasteiger partial charge in [-0.3, -0.25) is 9.69 Å². The molecule has 2 aromatic carbocycles. The van der Waals surface area contributed by atoms with Crippen LogP contribution in [0.3, 0.4) is 0 Å². The lowest BCUT2D eigenvalue weighted by molar-refractivity contribution is 0.102. The lowest BCUT2D eigenvalue weighted by Crippen LogP contribution is -2.18. The number of nitrogens with zero attached hydrogens (tertiary/aromatic N) is 4. The van der Waals surface area contributed by atoms with E-state index in [0.717, 1.165) is 57.9 Å². The lowest BCUT2D eigenvalue weighted by atomic mass is 10.0. The Morgan fingerprint density at radius 2 is 1.88 bits per heavy atom. The van der Waals surface area contributed by atoms with Crippen molar-refractivity contribution in [3.63, 3.8) is 0 Å². The number of aryl methyl sites for hydroxylation is 1. The van der Waals surface area contributed by atoms with Gasteiger partial charge in [0, 0.05) is 52.1 Å². The van der Waals surface area contributed by atoms with Crippen molar-refractivity contribution >= 4 is 45.6 Å². The van der Waals surface area contributed by atoms with E-state index in [1.165, 1.54) is 12.8 Å². The summed E-state index contributed by atoms with van der Waals surface area (Å²) in [6, 6.07) is 15.6. The van der Waals surface area contributed by atoms with E-state index in [-0.39, 0.29) is 5.91 Å². The van der Waals surface area contributed by atoms with E-state index in [9.17, 15) is 9.36 Å². The molecule has 3 aromatic heterocycles. The van der Waals surface area contributed by atoms with Crippen molar-refractivity contribution in [2.45, 2.75) is 26.3 Å². The highest BCUT2D eigenvalue weighted by Crippen LogP contribution is 2.36. The van der Waals surface area contributed by atoms with E-state index in [4.69, 9.17) is 0 Å². The molecule has 1 saturated heterocycles. The first-order valence-electron chi connectivity index (χ1n) is 13.4. The summed E-state index contributed by atoms with van der Waals surface area (Å²) in [4.78, 5) is 26.1. The minimum atomic E-state index is -2.63. The van der Waals surface area contributed by atoms with Gasteiger partial charge in [0.05, 0.1) is 12.0 Å². The summed E-state index contributed by atoms with van der Waals surface area (Å²) in [5.41, 5.74) is 6.02. The molecule has 1 aliphatic heterocycles. The molecule has 0 bridgehead atoms. The highest BCUT2D eigenvalue weighted by Gasteiger charge is 2.19. The number of hydrogen-bond acceptors (Lipinski definition) is 6. The first-order valence-corrected chi connectivity index (χ1v) is 16.9. The summed E-state index contributed by atoms with van der Waals surface area (Å²) in [5, 5.41) is 6.86. The minimum Gasteiger partial charge on any atom is -0.322 e. The second-order valence-corrected chi connectivity index (χ2v) is 15.0. The molecule has 4 heterocycles. The zero-order valence-corrected chi connectivity index (χ0v) is 24.6. The normalized spacial score (nSPS) is 14.2. The molecule has 1 fully saturated rings. The zero-order valence-electron chi connectivity index (χ0n) is 22.9. The third-order valence-corrected chi connectivity index (χ3v) is 9.76. The molecular weight excluding hydrogens is 537 g/mol. The van der Waals surface area contributed by atoms with Crippen LogP contribution in [-0.4, -0.2) is 51.8 Å². The van der Waals surface area contributed by atoms with Crippen molar-refractivity contribution < 1.29 is 9.36 Å². The van der Waals surface area contributed by atoms with Crippen molar-refractivity contribution in [3.05, 3.63) is 89.5 Å². The number of imidazole rings is 1. The largest absolute Gasteiger partial charge is 0.322 e. The van der Waals surface area contributed by atoms with Gasteiger partial charge in [-0.05, 0) is 105 Å². The third kappa shape index (κ3) is 5.66. The number of aromatic nitrogens is 3. The van der Waals surface area contributed by atoms with Crippen LogP contribution in [0, 0.1) is 6.92 Å². The zero-order chi connectivity index (χ0) is 27.9. The molecule has 1 amide bonds. The molecule has 1 aliphatic rings. The minimum absolute atomic E-state index is 0.254. The molecule has 0 unspecified atom stereocenters. The van der Waals surface area contributed by atoms with E-state index >= 15 is 0 Å². The highest BCUT2D eigenvalue weighted by molar-refractivity contribution is 7.70. The Kier molecular flexibility index (Phi) is 7.17. The molecule has 6 rings (SSSR count). The molecule has 0 spiro atoms. The number of likely N-dealkylation sites (tertiary alicyclic amines) is 1. The van der Waals surface area contributed by atoms with Crippen molar-refractivity contribution in [1.82, 2.24) is 19.4 Å². The lowest BCUT2D eigenvalue weighted by Gasteiger charge is -2.15. The maximum atomic E-state index is 13.5. The van der Waals surface area contributed by atoms with Crippen LogP contribution < -0.4 is 10.6 Å². The Hall–Kier alpha value is -3.58. The summed E-state index contributed by atoms with van der Waals surface area (Å²) in [6.07, 6.45) is 8.11. The van der Waals surface area contributed by atoms with Gasteiger partial charge in [0.1, 0.15) is 12.0 Å². The van der Waals surface area contributed by atoms with Crippen molar-refractivity contribution in [1.29, 1.82) is 0 Å². The van der Waals surface area contributed by atoms with Gasteiger partial charge in [-0.1, -0.05) is 6.07 Å². The number of amides is 1. The summed E-state index contributed by atoms with van der Waals surface area (Å²) in [6.45, 7) is 8.52. The molecule has 1 N–H and O–H groups in total. The number of thiophene rings is 1. The average molecular weight is 570 g/mol. The van der Waals surface area contributed by atoms with Gasteiger partial charge in [-0.15, -0.1) is 11.3 Å². The summed E-state index contributed by atoms with van der Waals surface area (Å²) in [7, 11) is -2.63. The first kappa shape index (κ1) is 26.6. The molecule has 0 aliphatic carbocycles. The number of pyridine rings is 1. The molecular formula is C31H32N5O2PS. The summed E-state index contributed by atoms with van der Waals surface area (Å²) in [5.74, 6) is -0.254. The first-order chi connectivity index (χ1) is 19.2. The Bertz CT molecular complexity index is 1760. The fraction of sp³-hybridized carbons (Fsp3) is 0.258. The SMILES string of the molecule is Cc1ccc(NC(=O)c2cc(-n3cnc(CN4CCCC4)c3)cc(P(C)(C)=O)c2)cc1-c1cnc2sccc2c1. The van der Waals surface area contributed by atoms with Gasteiger partial charge >= 0.3 is 0 Å². The van der Waals surface area contributed by atoms with Gasteiger partial charge in [0.15, 0.2) is 0 Å². The van der Waals surface area contributed by atoms with Crippen molar-refractivity contribution in [3.8, 4) is 16.8 Å². The molecule has 9 heteroatoms. The van der Waals surface area contributed by atoms with Gasteiger partial charge in [0.25, 0.3) is 5.91 Å². The monoisotopic (exact) mass is 569 g/mol. The summed E-state index contributed by atoms with van der Waals surface area (Å²) < 4.78 is 15.0. The summed E-state index contributed by atoms with van der Waals surface area (Å²) >= 11 is 1.62. The highest BCUT2D eigenvalue weighted by atomic mass is 32.1. The fourth-order valence-corrected chi connectivity index (χ4v) is 6.78. The molecule has 0 saturated carbocycles. The van der Waals surface area contributed by atoms with Crippen LogP contribution in [0.4, 0.5) is 5.69 Å². The van der Waals surface area contributed by atoms with Gasteiger partial charge in [-0.25, -0.2) is 9.97 Å². The number of carbonyl (C=O) groups excluding carboxylic acids is 1. The number of fused-ring (bicyclic) bond motifs is 1. The molecule has 7 nitrogen and oxygen atoms in total. The van der Waals surface area contributed by atoms with Crippen molar-refractivity contribution in [2.24, 2.45) is 0 Å². The second kappa shape index (κ2) is 10.8. The Morgan fingerprint density at radius 1 is 1.05 bits per heavy atom. The predicted molar refractivity (Wildman–Crippen MR) is 165 cm³/mol. The van der Waals surface area contributed by atoms with Crippen LogP contribution in [0.15, 0.2) is 72.6 Å². The Morgan fingerprint density at radius 3 is 2.67 bits per heavy atom. The van der Waals surface area contributed by atoms with Crippen LogP contribution in [-0.2, 0) is 11.1 Å². The van der Waals surface area contributed by atoms with Crippen LogP contribution in [0.25, 0.3) is 27.0 Å². The molecule has 204 valence electrons. The van der Waals surface area contributed by atoms with E-state index in [1.807, 2.05) is 52.7 Å². The maximum Gasteiger partial charge on any atom is 0.255 e. The Balaban J connectivity index is 1.29. The molecule has 0 radical (unpaired) electrons. The van der Waals surface area contributed by atoms with Gasteiger partial charge in [0.2, 0.25) is 0 Å². The van der Waals surface area contributed by atoms with Crippen LogP contribution in [0.5, 0.6) is 0 Å². The average Bonchev–Trinajstić information content (AvgIpc) is 3.71. The van der Waals surface area contributed by atoms with Crippen molar-refractivity contribution in [2.75, 3.05) is 31.7 Å². The number of carbonyl (C=O) groups is 1. The third-order valence-electron chi connectivity index (χ3n) is 7.42. The number of rotatable bonds is 7. The quantitative estimate of drug-likeness (QED) is 0.225. The predicted octanol–water partition coefficient (Wildman–Crippen LogP) is 6.55. The van der Waals surface area contributed by atoms with Crippen LogP contribution >= 0.6 is 18.5 Å². The molecule has 5 aromatic rings. The second-order valence-electron chi connectivity index (χ2n) is 10.9. The Labute approximate surface area is 238 Å². The van der Waals surface area contributed by atoms with E-state index in [0.29, 0.717) is 16.6 Å². The van der Waals surface area contributed by atoms with Crippen LogP contribution in [0.1, 0.15) is 34.5 Å². The maximum absolute atomic E-state index is 13.5. The van der Waals surface area contributed by atoms with E-state index in [1.54, 1.807) is 37.1 Å². The number of hydrogen-bond donors (Lipinski definition) is 1. The van der Waals surface area contributed by atoms with Gasteiger partial charge < -0.3 is 14.4 Å².